The molecule has 1 N–H and O–H groups in total. The van der Waals surface area contributed by atoms with Crippen molar-refractivity contribution in [3.05, 3.63) is 64.2 Å². The molecule has 0 saturated carbocycles. The molecule has 26 heavy (non-hydrogen) atoms. The van der Waals surface area contributed by atoms with Crippen LogP contribution in [0, 0.1) is 10.1 Å². The Bertz CT molecular complexity index is 730. The smallest absolute Gasteiger partial charge is 0.269 e. The number of nitrogens with one attached hydrogen (secondary N) is 1. The van der Waals surface area contributed by atoms with Crippen molar-refractivity contribution in [2.75, 3.05) is 12.3 Å². The van der Waals surface area contributed by atoms with Gasteiger partial charge in [-0.05, 0) is 50.1 Å². The first-order valence-corrected chi connectivity index (χ1v) is 9.32. The molecule has 0 fully saturated rings. The quantitative estimate of drug-likeness (QED) is 0.410. The molecule has 0 aliphatic rings. The van der Waals surface area contributed by atoms with E-state index in [1.54, 1.807) is 12.1 Å². The number of nitro groups is 1. The molecular formula is C19H22N2O4S. The van der Waals surface area contributed by atoms with Gasteiger partial charge in [0, 0.05) is 23.6 Å². The summed E-state index contributed by atoms with van der Waals surface area (Å²) < 4.78 is 5.60. The Morgan fingerprint density at radius 3 is 2.38 bits per heavy atom. The van der Waals surface area contributed by atoms with Crippen molar-refractivity contribution in [3.8, 4) is 5.75 Å². The molecule has 0 spiro atoms. The van der Waals surface area contributed by atoms with Crippen LogP contribution in [-0.2, 0) is 11.2 Å². The molecule has 0 radical (unpaired) electrons. The fourth-order valence-electron chi connectivity index (χ4n) is 2.22. The van der Waals surface area contributed by atoms with Gasteiger partial charge in [0.15, 0.2) is 0 Å². The Morgan fingerprint density at radius 2 is 1.81 bits per heavy atom. The Labute approximate surface area is 157 Å². The molecule has 2 rings (SSSR count). The second-order valence-electron chi connectivity index (χ2n) is 5.95. The van der Waals surface area contributed by atoms with Crippen LogP contribution >= 0.6 is 11.8 Å². The van der Waals surface area contributed by atoms with E-state index in [1.165, 1.54) is 23.9 Å². The lowest BCUT2D eigenvalue weighted by Gasteiger charge is -2.10. The summed E-state index contributed by atoms with van der Waals surface area (Å²) in [5, 5.41) is 13.5. The van der Waals surface area contributed by atoms with Gasteiger partial charge in [-0.25, -0.2) is 0 Å². The van der Waals surface area contributed by atoms with Crippen LogP contribution < -0.4 is 10.1 Å². The zero-order valence-electron chi connectivity index (χ0n) is 14.8. The maximum atomic E-state index is 11.9. The standard InChI is InChI=1S/C19H22N2O4S/c1-14(2)25-17-7-3-15(4-8-17)11-12-20-19(22)13-26-18-9-5-16(6-10-18)21(23)24/h3-10,14H,11-13H2,1-2H3,(H,20,22). The van der Waals surface area contributed by atoms with E-state index < -0.39 is 4.92 Å². The van der Waals surface area contributed by atoms with E-state index in [-0.39, 0.29) is 23.5 Å². The molecule has 2 aromatic rings. The number of nitrogens with zero attached hydrogens (tertiary/aromatic N) is 1. The number of ether oxygens (including phenoxy) is 1. The zero-order chi connectivity index (χ0) is 18.9. The molecule has 138 valence electrons. The number of hydrogen-bond acceptors (Lipinski definition) is 5. The lowest BCUT2D eigenvalue weighted by Crippen LogP contribution is -2.27. The van der Waals surface area contributed by atoms with Gasteiger partial charge in [0.25, 0.3) is 5.69 Å². The molecule has 0 saturated heterocycles. The van der Waals surface area contributed by atoms with Gasteiger partial charge in [-0.1, -0.05) is 12.1 Å². The van der Waals surface area contributed by atoms with E-state index in [9.17, 15) is 14.9 Å². The third-order valence-electron chi connectivity index (χ3n) is 3.45. The SMILES string of the molecule is CC(C)Oc1ccc(CCNC(=O)CSc2ccc([N+](=O)[O-])cc2)cc1. The second kappa shape index (κ2) is 9.82. The summed E-state index contributed by atoms with van der Waals surface area (Å²) in [6, 6.07) is 14.0. The summed E-state index contributed by atoms with van der Waals surface area (Å²) in [4.78, 5) is 22.9. The van der Waals surface area contributed by atoms with Crippen LogP contribution in [0.15, 0.2) is 53.4 Å². The largest absolute Gasteiger partial charge is 0.491 e. The minimum Gasteiger partial charge on any atom is -0.491 e. The highest BCUT2D eigenvalue weighted by Gasteiger charge is 2.06. The summed E-state index contributed by atoms with van der Waals surface area (Å²) >= 11 is 1.35. The highest BCUT2D eigenvalue weighted by atomic mass is 32.2. The molecule has 0 bridgehead atoms. The van der Waals surface area contributed by atoms with Crippen molar-refractivity contribution in [3.63, 3.8) is 0 Å². The number of carbonyl (C=O) groups excluding carboxylic acids is 1. The Kier molecular flexibility index (Phi) is 7.47. The number of carbonyl (C=O) groups is 1. The number of benzene rings is 2. The fourth-order valence-corrected chi connectivity index (χ4v) is 2.95. The summed E-state index contributed by atoms with van der Waals surface area (Å²) in [5.74, 6) is 1.05. The van der Waals surface area contributed by atoms with Gasteiger partial charge in [-0.2, -0.15) is 0 Å². The number of hydrogen-bond donors (Lipinski definition) is 1. The topological polar surface area (TPSA) is 81.5 Å². The molecule has 0 aliphatic heterocycles. The van der Waals surface area contributed by atoms with Gasteiger partial charge in [0.05, 0.1) is 16.8 Å². The van der Waals surface area contributed by atoms with Gasteiger partial charge in [-0.3, -0.25) is 14.9 Å². The maximum absolute atomic E-state index is 11.9. The molecule has 0 unspecified atom stereocenters. The van der Waals surface area contributed by atoms with Gasteiger partial charge in [0.1, 0.15) is 5.75 Å². The maximum Gasteiger partial charge on any atom is 0.269 e. The Morgan fingerprint density at radius 1 is 1.15 bits per heavy atom. The molecule has 0 aliphatic carbocycles. The summed E-state index contributed by atoms with van der Waals surface area (Å²) in [6.45, 7) is 4.53. The van der Waals surface area contributed by atoms with E-state index in [0.29, 0.717) is 6.54 Å². The number of rotatable bonds is 9. The van der Waals surface area contributed by atoms with Crippen LogP contribution in [0.1, 0.15) is 19.4 Å². The molecular weight excluding hydrogens is 352 g/mol. The molecule has 0 atom stereocenters. The minimum atomic E-state index is -0.442. The minimum absolute atomic E-state index is 0.0450. The van der Waals surface area contributed by atoms with E-state index in [1.807, 2.05) is 38.1 Å². The van der Waals surface area contributed by atoms with Crippen LogP contribution in [0.2, 0.25) is 0 Å². The van der Waals surface area contributed by atoms with Gasteiger partial charge in [-0.15, -0.1) is 11.8 Å². The third kappa shape index (κ3) is 6.76. The lowest BCUT2D eigenvalue weighted by molar-refractivity contribution is -0.384. The fraction of sp³-hybridized carbons (Fsp3) is 0.316. The van der Waals surface area contributed by atoms with Crippen LogP contribution in [0.3, 0.4) is 0 Å². The van der Waals surface area contributed by atoms with Crippen molar-refractivity contribution in [2.24, 2.45) is 0 Å². The average molecular weight is 374 g/mol. The van der Waals surface area contributed by atoms with E-state index in [4.69, 9.17) is 4.74 Å². The van der Waals surface area contributed by atoms with Crippen molar-refractivity contribution in [1.82, 2.24) is 5.32 Å². The first-order chi connectivity index (χ1) is 12.4. The normalized spacial score (nSPS) is 10.6. The number of amides is 1. The monoisotopic (exact) mass is 374 g/mol. The molecule has 1 amide bonds. The predicted octanol–water partition coefficient (Wildman–Crippen LogP) is 3.83. The van der Waals surface area contributed by atoms with Crippen molar-refractivity contribution < 1.29 is 14.5 Å². The van der Waals surface area contributed by atoms with E-state index in [2.05, 4.69) is 5.32 Å². The molecule has 6 nitrogen and oxygen atoms in total. The van der Waals surface area contributed by atoms with Crippen LogP contribution in [0.4, 0.5) is 5.69 Å². The predicted molar refractivity (Wildman–Crippen MR) is 103 cm³/mol. The van der Waals surface area contributed by atoms with Crippen molar-refractivity contribution >= 4 is 23.4 Å². The molecule has 0 aromatic heterocycles. The van der Waals surface area contributed by atoms with Gasteiger partial charge in [0.2, 0.25) is 5.91 Å². The summed E-state index contributed by atoms with van der Waals surface area (Å²) in [7, 11) is 0. The van der Waals surface area contributed by atoms with Gasteiger partial charge >= 0.3 is 0 Å². The highest BCUT2D eigenvalue weighted by Crippen LogP contribution is 2.21. The first-order valence-electron chi connectivity index (χ1n) is 8.33. The van der Waals surface area contributed by atoms with Crippen molar-refractivity contribution in [1.29, 1.82) is 0 Å². The lowest BCUT2D eigenvalue weighted by atomic mass is 10.1. The van der Waals surface area contributed by atoms with Crippen LogP contribution in [0.25, 0.3) is 0 Å². The van der Waals surface area contributed by atoms with Crippen LogP contribution in [-0.4, -0.2) is 29.2 Å². The Balaban J connectivity index is 1.69. The molecule has 0 heterocycles. The zero-order valence-corrected chi connectivity index (χ0v) is 15.6. The number of nitro benzene ring substituents is 1. The number of non-ortho nitro benzene ring substituents is 1. The third-order valence-corrected chi connectivity index (χ3v) is 4.46. The van der Waals surface area contributed by atoms with E-state index >= 15 is 0 Å². The first kappa shape index (κ1) is 19.8. The average Bonchev–Trinajstić information content (AvgIpc) is 2.61. The number of thioether (sulfide) groups is 1. The second-order valence-corrected chi connectivity index (χ2v) is 7.00. The van der Waals surface area contributed by atoms with Gasteiger partial charge < -0.3 is 10.1 Å². The Hall–Kier alpha value is -2.54. The summed E-state index contributed by atoms with van der Waals surface area (Å²) in [5.41, 5.74) is 1.17. The molecule has 7 heteroatoms. The van der Waals surface area contributed by atoms with Crippen LogP contribution in [0.5, 0.6) is 5.75 Å². The summed E-state index contributed by atoms with van der Waals surface area (Å²) in [6.07, 6.45) is 0.893. The van der Waals surface area contributed by atoms with Crippen molar-refractivity contribution in [2.45, 2.75) is 31.3 Å². The molecule has 2 aromatic carbocycles. The van der Waals surface area contributed by atoms with E-state index in [0.717, 1.165) is 22.6 Å². The highest BCUT2D eigenvalue weighted by molar-refractivity contribution is 8.00.